The lowest BCUT2D eigenvalue weighted by Gasteiger charge is -2.23. The normalized spacial score (nSPS) is 13.3. The number of unbranched alkanes of at least 4 members (excludes halogenated alkanes) is 2. The lowest BCUT2D eigenvalue weighted by molar-refractivity contribution is 0.259. The quantitative estimate of drug-likeness (QED) is 0.534. The van der Waals surface area contributed by atoms with Crippen molar-refractivity contribution < 1.29 is 0 Å². The third kappa shape index (κ3) is 4.66. The lowest BCUT2D eigenvalue weighted by Crippen LogP contribution is -2.22. The van der Waals surface area contributed by atoms with Crippen LogP contribution in [0.15, 0.2) is 17.5 Å². The molecule has 0 amide bonds. The maximum Gasteiger partial charge on any atom is 0.0410 e. The summed E-state index contributed by atoms with van der Waals surface area (Å²) in [7, 11) is 2.22. The van der Waals surface area contributed by atoms with Crippen LogP contribution in [0.2, 0.25) is 0 Å². The molecule has 1 rings (SSSR count). The summed E-state index contributed by atoms with van der Waals surface area (Å²) in [6.45, 7) is 3.49. The van der Waals surface area contributed by atoms with E-state index in [2.05, 4.69) is 52.3 Å². The summed E-state index contributed by atoms with van der Waals surface area (Å²) in [6.07, 6.45) is 3.92. The van der Waals surface area contributed by atoms with Crippen LogP contribution in [-0.4, -0.2) is 23.8 Å². The zero-order valence-electron chi connectivity index (χ0n) is 9.58. The third-order valence-electron chi connectivity index (χ3n) is 2.76. The summed E-state index contributed by atoms with van der Waals surface area (Å²) in [5.41, 5.74) is 0. The second-order valence-electron chi connectivity index (χ2n) is 3.92. The van der Waals surface area contributed by atoms with Gasteiger partial charge in [0, 0.05) is 16.2 Å². The molecule has 0 N–H and O–H groups in total. The van der Waals surface area contributed by atoms with E-state index in [1.165, 1.54) is 30.7 Å². The highest BCUT2D eigenvalue weighted by Gasteiger charge is 2.11. The lowest BCUT2D eigenvalue weighted by atomic mass is 10.2. The van der Waals surface area contributed by atoms with Crippen LogP contribution in [0.5, 0.6) is 0 Å². The summed E-state index contributed by atoms with van der Waals surface area (Å²) in [5.74, 6) is 0. The van der Waals surface area contributed by atoms with E-state index in [-0.39, 0.29) is 0 Å². The molecule has 3 heteroatoms. The van der Waals surface area contributed by atoms with Gasteiger partial charge in [0.25, 0.3) is 0 Å². The van der Waals surface area contributed by atoms with Crippen molar-refractivity contribution >= 4 is 27.3 Å². The molecule has 1 unspecified atom stereocenters. The summed E-state index contributed by atoms with van der Waals surface area (Å²) in [6, 6.07) is 4.92. The first-order valence-corrected chi connectivity index (χ1v) is 7.55. The molecule has 1 aromatic heterocycles. The Morgan fingerprint density at radius 1 is 1.40 bits per heavy atom. The average Bonchev–Trinajstić information content (AvgIpc) is 2.76. The predicted octanol–water partition coefficient (Wildman–Crippen LogP) is 4.31. The van der Waals surface area contributed by atoms with E-state index in [9.17, 15) is 0 Å². The fourth-order valence-electron chi connectivity index (χ4n) is 1.57. The fourth-order valence-corrected chi connectivity index (χ4v) is 2.82. The van der Waals surface area contributed by atoms with Crippen molar-refractivity contribution in [1.29, 1.82) is 0 Å². The molecule has 0 aliphatic carbocycles. The topological polar surface area (TPSA) is 3.24 Å². The second-order valence-corrected chi connectivity index (χ2v) is 5.69. The minimum Gasteiger partial charge on any atom is -0.299 e. The molecule has 1 atom stereocenters. The molecule has 1 aromatic rings. The van der Waals surface area contributed by atoms with Crippen LogP contribution >= 0.6 is 27.3 Å². The first kappa shape index (κ1) is 13.2. The second kappa shape index (κ2) is 7.42. The van der Waals surface area contributed by atoms with Gasteiger partial charge in [0.05, 0.1) is 0 Å². The van der Waals surface area contributed by atoms with Crippen LogP contribution in [0.1, 0.15) is 37.1 Å². The van der Waals surface area contributed by atoms with Crippen molar-refractivity contribution in [1.82, 2.24) is 4.90 Å². The van der Waals surface area contributed by atoms with Crippen molar-refractivity contribution in [3.63, 3.8) is 0 Å². The molecule has 0 aromatic carbocycles. The zero-order chi connectivity index (χ0) is 11.1. The molecular formula is C12H20BrNS. The molecule has 0 bridgehead atoms. The Morgan fingerprint density at radius 2 is 2.20 bits per heavy atom. The highest BCUT2D eigenvalue weighted by atomic mass is 79.9. The Kier molecular flexibility index (Phi) is 6.53. The first-order valence-electron chi connectivity index (χ1n) is 5.55. The van der Waals surface area contributed by atoms with E-state index in [1.807, 2.05) is 11.3 Å². The van der Waals surface area contributed by atoms with E-state index in [1.54, 1.807) is 0 Å². The van der Waals surface area contributed by atoms with Crippen LogP contribution in [0.3, 0.4) is 0 Å². The highest BCUT2D eigenvalue weighted by Crippen LogP contribution is 2.23. The monoisotopic (exact) mass is 289 g/mol. The van der Waals surface area contributed by atoms with Gasteiger partial charge in [-0.3, -0.25) is 4.90 Å². The largest absolute Gasteiger partial charge is 0.299 e. The highest BCUT2D eigenvalue weighted by molar-refractivity contribution is 9.09. The number of alkyl halides is 1. The van der Waals surface area contributed by atoms with Gasteiger partial charge >= 0.3 is 0 Å². The van der Waals surface area contributed by atoms with Gasteiger partial charge in [-0.05, 0) is 44.8 Å². The zero-order valence-corrected chi connectivity index (χ0v) is 12.0. The predicted molar refractivity (Wildman–Crippen MR) is 73.0 cm³/mol. The van der Waals surface area contributed by atoms with Crippen LogP contribution in [0.25, 0.3) is 0 Å². The minimum absolute atomic E-state index is 0.564. The summed E-state index contributed by atoms with van der Waals surface area (Å²) in [4.78, 5) is 3.91. The molecule has 0 aliphatic heterocycles. The molecule has 0 fully saturated rings. The van der Waals surface area contributed by atoms with Crippen molar-refractivity contribution in [3.8, 4) is 0 Å². The van der Waals surface area contributed by atoms with Crippen LogP contribution in [0.4, 0.5) is 0 Å². The Balaban J connectivity index is 2.24. The van der Waals surface area contributed by atoms with Gasteiger partial charge < -0.3 is 0 Å². The van der Waals surface area contributed by atoms with Crippen molar-refractivity contribution in [2.75, 3.05) is 18.9 Å². The molecule has 0 saturated carbocycles. The van der Waals surface area contributed by atoms with E-state index in [0.717, 1.165) is 5.33 Å². The smallest absolute Gasteiger partial charge is 0.0410 e. The Bertz CT molecular complexity index is 248. The summed E-state index contributed by atoms with van der Waals surface area (Å²) < 4.78 is 0. The number of hydrogen-bond acceptors (Lipinski definition) is 2. The van der Waals surface area contributed by atoms with Crippen molar-refractivity contribution in [2.45, 2.75) is 32.2 Å². The van der Waals surface area contributed by atoms with E-state index < -0.39 is 0 Å². The molecule has 0 saturated heterocycles. The van der Waals surface area contributed by atoms with Crippen molar-refractivity contribution in [2.24, 2.45) is 0 Å². The standard InChI is InChI=1S/C12H20BrNS/c1-11(12-7-6-10-15-12)14(2)9-5-3-4-8-13/h6-7,10-11H,3-5,8-9H2,1-2H3. The number of rotatable bonds is 7. The molecule has 0 radical (unpaired) electrons. The third-order valence-corrected chi connectivity index (χ3v) is 4.36. The number of halogens is 1. The SMILES string of the molecule is CC(c1cccs1)N(C)CCCCCBr. The summed E-state index contributed by atoms with van der Waals surface area (Å²) >= 11 is 5.32. The molecule has 0 spiro atoms. The van der Waals surface area contributed by atoms with Crippen LogP contribution < -0.4 is 0 Å². The molecule has 15 heavy (non-hydrogen) atoms. The molecule has 86 valence electrons. The fraction of sp³-hybridized carbons (Fsp3) is 0.667. The van der Waals surface area contributed by atoms with Gasteiger partial charge in [-0.15, -0.1) is 11.3 Å². The Morgan fingerprint density at radius 3 is 2.80 bits per heavy atom. The van der Waals surface area contributed by atoms with E-state index in [4.69, 9.17) is 0 Å². The number of nitrogens with zero attached hydrogens (tertiary/aromatic N) is 1. The molecular weight excluding hydrogens is 270 g/mol. The van der Waals surface area contributed by atoms with Crippen LogP contribution in [0, 0.1) is 0 Å². The van der Waals surface area contributed by atoms with Crippen LogP contribution in [-0.2, 0) is 0 Å². The van der Waals surface area contributed by atoms with Gasteiger partial charge in [-0.1, -0.05) is 28.4 Å². The maximum absolute atomic E-state index is 3.47. The first-order chi connectivity index (χ1) is 7.25. The van der Waals surface area contributed by atoms with Gasteiger partial charge in [0.1, 0.15) is 0 Å². The minimum atomic E-state index is 0.564. The number of hydrogen-bond donors (Lipinski definition) is 0. The van der Waals surface area contributed by atoms with E-state index in [0.29, 0.717) is 6.04 Å². The Hall–Kier alpha value is 0.140. The van der Waals surface area contributed by atoms with Gasteiger partial charge in [-0.2, -0.15) is 0 Å². The molecule has 1 nitrogen and oxygen atoms in total. The molecule has 1 heterocycles. The summed E-state index contributed by atoms with van der Waals surface area (Å²) in [5, 5.41) is 3.29. The Labute approximate surface area is 106 Å². The molecule has 0 aliphatic rings. The maximum atomic E-state index is 3.47. The van der Waals surface area contributed by atoms with Gasteiger partial charge in [0.2, 0.25) is 0 Å². The average molecular weight is 290 g/mol. The van der Waals surface area contributed by atoms with E-state index >= 15 is 0 Å². The van der Waals surface area contributed by atoms with Gasteiger partial charge in [0.15, 0.2) is 0 Å². The number of thiophene rings is 1. The van der Waals surface area contributed by atoms with Crippen molar-refractivity contribution in [3.05, 3.63) is 22.4 Å². The van der Waals surface area contributed by atoms with Gasteiger partial charge in [-0.25, -0.2) is 0 Å².